The van der Waals surface area contributed by atoms with Crippen LogP contribution in [0.25, 0.3) is 0 Å². The molecule has 0 spiro atoms. The quantitative estimate of drug-likeness (QED) is 0.735. The molecule has 0 atom stereocenters. The van der Waals surface area contributed by atoms with Gasteiger partial charge in [-0.3, -0.25) is 4.99 Å². The van der Waals surface area contributed by atoms with Crippen molar-refractivity contribution < 1.29 is 4.74 Å². The van der Waals surface area contributed by atoms with Gasteiger partial charge in [-0.05, 0) is 43.7 Å². The Hall–Kier alpha value is -2.09. The molecule has 0 amide bonds. The van der Waals surface area contributed by atoms with Crippen molar-refractivity contribution in [2.75, 3.05) is 6.61 Å². The van der Waals surface area contributed by atoms with Crippen LogP contribution in [-0.2, 0) is 0 Å². The second kappa shape index (κ2) is 6.01. The average molecular weight is 239 g/mol. The smallest absolute Gasteiger partial charge is 0.119 e. The predicted octanol–water partition coefficient (Wildman–Crippen LogP) is 4.14. The average Bonchev–Trinajstić information content (AvgIpc) is 2.38. The van der Waals surface area contributed by atoms with E-state index >= 15 is 0 Å². The Bertz CT molecular complexity index is 529. The molecular formula is C16H17NO. The summed E-state index contributed by atoms with van der Waals surface area (Å²) in [7, 11) is 0. The lowest BCUT2D eigenvalue weighted by Gasteiger charge is -2.02. The molecule has 18 heavy (non-hydrogen) atoms. The number of rotatable bonds is 4. The molecule has 0 aliphatic rings. The van der Waals surface area contributed by atoms with Gasteiger partial charge in [-0.2, -0.15) is 0 Å². The van der Waals surface area contributed by atoms with Crippen LogP contribution in [0.15, 0.2) is 53.5 Å². The molecule has 0 unspecified atom stereocenters. The van der Waals surface area contributed by atoms with E-state index in [2.05, 4.69) is 24.0 Å². The van der Waals surface area contributed by atoms with Gasteiger partial charge in [-0.1, -0.05) is 29.8 Å². The molecule has 0 saturated carbocycles. The fourth-order valence-corrected chi connectivity index (χ4v) is 1.69. The number of aryl methyl sites for hydroxylation is 1. The molecule has 2 nitrogen and oxygen atoms in total. The molecule has 0 bridgehead atoms. The third-order valence-electron chi connectivity index (χ3n) is 2.55. The maximum absolute atomic E-state index is 5.39. The van der Waals surface area contributed by atoms with Gasteiger partial charge >= 0.3 is 0 Å². The number of hydrogen-bond acceptors (Lipinski definition) is 2. The molecule has 2 heteroatoms. The lowest BCUT2D eigenvalue weighted by atomic mass is 10.1. The minimum absolute atomic E-state index is 0.686. The highest BCUT2D eigenvalue weighted by Crippen LogP contribution is 2.18. The zero-order valence-corrected chi connectivity index (χ0v) is 10.8. The third kappa shape index (κ3) is 3.45. The summed E-state index contributed by atoms with van der Waals surface area (Å²) < 4.78 is 5.39. The van der Waals surface area contributed by atoms with Crippen LogP contribution in [0.3, 0.4) is 0 Å². The minimum Gasteiger partial charge on any atom is -0.494 e. The Labute approximate surface area is 108 Å². The van der Waals surface area contributed by atoms with Crippen molar-refractivity contribution in [1.29, 1.82) is 0 Å². The number of ether oxygens (including phenoxy) is 1. The maximum Gasteiger partial charge on any atom is 0.119 e. The molecule has 0 fully saturated rings. The summed E-state index contributed by atoms with van der Waals surface area (Å²) in [6.45, 7) is 4.74. The predicted molar refractivity (Wildman–Crippen MR) is 76.0 cm³/mol. The summed E-state index contributed by atoms with van der Waals surface area (Å²) in [6, 6.07) is 16.1. The van der Waals surface area contributed by atoms with Crippen molar-refractivity contribution >= 4 is 11.9 Å². The Morgan fingerprint density at radius 2 is 1.89 bits per heavy atom. The number of benzene rings is 2. The molecule has 0 aliphatic carbocycles. The van der Waals surface area contributed by atoms with E-state index in [1.54, 1.807) is 0 Å². The lowest BCUT2D eigenvalue weighted by molar-refractivity contribution is 0.340. The van der Waals surface area contributed by atoms with Crippen molar-refractivity contribution in [3.63, 3.8) is 0 Å². The molecule has 0 aliphatic heterocycles. The molecule has 0 aromatic heterocycles. The maximum atomic E-state index is 5.39. The third-order valence-corrected chi connectivity index (χ3v) is 2.55. The van der Waals surface area contributed by atoms with Gasteiger partial charge in [-0.25, -0.2) is 0 Å². The number of nitrogens with zero attached hydrogens (tertiary/aromatic N) is 1. The largest absolute Gasteiger partial charge is 0.494 e. The van der Waals surface area contributed by atoms with Crippen LogP contribution < -0.4 is 4.74 Å². The van der Waals surface area contributed by atoms with E-state index in [4.69, 9.17) is 4.74 Å². The van der Waals surface area contributed by atoms with Gasteiger partial charge in [0, 0.05) is 6.21 Å². The van der Waals surface area contributed by atoms with Gasteiger partial charge in [-0.15, -0.1) is 0 Å². The summed E-state index contributed by atoms with van der Waals surface area (Å²) in [6.07, 6.45) is 1.88. The van der Waals surface area contributed by atoms with Gasteiger partial charge < -0.3 is 4.74 Å². The van der Waals surface area contributed by atoms with E-state index in [0.717, 1.165) is 17.0 Å². The van der Waals surface area contributed by atoms with E-state index < -0.39 is 0 Å². The SMILES string of the molecule is CCOc1ccc(N=Cc2cccc(C)c2)cc1. The summed E-state index contributed by atoms with van der Waals surface area (Å²) in [5, 5.41) is 0. The van der Waals surface area contributed by atoms with Gasteiger partial charge in [0.1, 0.15) is 5.75 Å². The van der Waals surface area contributed by atoms with Gasteiger partial charge in [0.2, 0.25) is 0 Å². The lowest BCUT2D eigenvalue weighted by Crippen LogP contribution is -1.89. The second-order valence-electron chi connectivity index (χ2n) is 4.10. The van der Waals surface area contributed by atoms with Crippen LogP contribution in [-0.4, -0.2) is 12.8 Å². The fourth-order valence-electron chi connectivity index (χ4n) is 1.69. The molecule has 0 heterocycles. The summed E-state index contributed by atoms with van der Waals surface area (Å²) in [5.74, 6) is 0.881. The number of aliphatic imine (C=N–C) groups is 1. The van der Waals surface area contributed by atoms with Gasteiger partial charge in [0.15, 0.2) is 0 Å². The van der Waals surface area contributed by atoms with E-state index in [1.807, 2.05) is 49.5 Å². The van der Waals surface area contributed by atoms with E-state index in [-0.39, 0.29) is 0 Å². The molecule has 0 radical (unpaired) electrons. The molecule has 92 valence electrons. The van der Waals surface area contributed by atoms with Gasteiger partial charge in [0.05, 0.1) is 12.3 Å². The highest BCUT2D eigenvalue weighted by atomic mass is 16.5. The van der Waals surface area contributed by atoms with Crippen molar-refractivity contribution in [2.45, 2.75) is 13.8 Å². The Morgan fingerprint density at radius 3 is 2.56 bits per heavy atom. The summed E-state index contributed by atoms with van der Waals surface area (Å²) in [4.78, 5) is 4.44. The van der Waals surface area contributed by atoms with Crippen LogP contribution in [0.4, 0.5) is 5.69 Å². The number of hydrogen-bond donors (Lipinski definition) is 0. The molecule has 2 aromatic rings. The van der Waals surface area contributed by atoms with Crippen LogP contribution >= 0.6 is 0 Å². The topological polar surface area (TPSA) is 21.6 Å². The van der Waals surface area contributed by atoms with Crippen LogP contribution in [0.1, 0.15) is 18.1 Å². The van der Waals surface area contributed by atoms with E-state index in [1.165, 1.54) is 5.56 Å². The standard InChI is InChI=1S/C16H17NO/c1-3-18-16-9-7-15(8-10-16)17-12-14-6-4-5-13(2)11-14/h4-12H,3H2,1-2H3. The zero-order valence-electron chi connectivity index (χ0n) is 10.8. The molecular weight excluding hydrogens is 222 g/mol. The van der Waals surface area contributed by atoms with Crippen LogP contribution in [0.5, 0.6) is 5.75 Å². The highest BCUT2D eigenvalue weighted by Gasteiger charge is 1.93. The molecule has 2 rings (SSSR count). The first kappa shape index (κ1) is 12.4. The molecule has 2 aromatic carbocycles. The Kier molecular flexibility index (Phi) is 4.13. The Balaban J connectivity index is 2.09. The van der Waals surface area contributed by atoms with E-state index in [0.29, 0.717) is 6.61 Å². The Morgan fingerprint density at radius 1 is 1.11 bits per heavy atom. The monoisotopic (exact) mass is 239 g/mol. The van der Waals surface area contributed by atoms with Gasteiger partial charge in [0.25, 0.3) is 0 Å². The van der Waals surface area contributed by atoms with Crippen LogP contribution in [0, 0.1) is 6.92 Å². The zero-order chi connectivity index (χ0) is 12.8. The van der Waals surface area contributed by atoms with E-state index in [9.17, 15) is 0 Å². The first-order valence-corrected chi connectivity index (χ1v) is 6.11. The van der Waals surface area contributed by atoms with Crippen molar-refractivity contribution in [3.8, 4) is 5.75 Å². The summed E-state index contributed by atoms with van der Waals surface area (Å²) >= 11 is 0. The summed E-state index contributed by atoms with van der Waals surface area (Å²) in [5.41, 5.74) is 3.29. The first-order chi connectivity index (χ1) is 8.78. The van der Waals surface area contributed by atoms with Crippen molar-refractivity contribution in [1.82, 2.24) is 0 Å². The fraction of sp³-hybridized carbons (Fsp3) is 0.188. The highest BCUT2D eigenvalue weighted by molar-refractivity contribution is 5.82. The first-order valence-electron chi connectivity index (χ1n) is 6.11. The van der Waals surface area contributed by atoms with Crippen molar-refractivity contribution in [2.24, 2.45) is 4.99 Å². The second-order valence-corrected chi connectivity index (χ2v) is 4.10. The molecule has 0 saturated heterocycles. The van der Waals surface area contributed by atoms with Crippen molar-refractivity contribution in [3.05, 3.63) is 59.7 Å². The minimum atomic E-state index is 0.686. The molecule has 0 N–H and O–H groups in total. The van der Waals surface area contributed by atoms with Crippen LogP contribution in [0.2, 0.25) is 0 Å². The normalized spacial score (nSPS) is 10.8.